The Hall–Kier alpha value is -0.290. The predicted molar refractivity (Wildman–Crippen MR) is 79.4 cm³/mol. The van der Waals surface area contributed by atoms with E-state index < -0.39 is 0 Å². The lowest BCUT2D eigenvalue weighted by Gasteiger charge is -2.48. The van der Waals surface area contributed by atoms with Gasteiger partial charge in [-0.1, -0.05) is 23.2 Å². The fourth-order valence-electron chi connectivity index (χ4n) is 3.02. The molecule has 104 valence electrons. The van der Waals surface area contributed by atoms with E-state index in [4.69, 9.17) is 23.2 Å². The molecule has 1 aromatic heterocycles. The van der Waals surface area contributed by atoms with E-state index in [1.54, 1.807) is 6.07 Å². The minimum atomic E-state index is -0.102. The molecular weight excluding hydrogens is 303 g/mol. The third-order valence-corrected chi connectivity index (χ3v) is 5.66. The number of piperidine rings is 1. The van der Waals surface area contributed by atoms with E-state index in [1.165, 1.54) is 30.6 Å². The fraction of sp³-hybridized carbons (Fsp3) is 0.615. The molecule has 1 unspecified atom stereocenters. The monoisotopic (exact) mass is 318 g/mol. The van der Waals surface area contributed by atoms with Gasteiger partial charge in [0, 0.05) is 11.6 Å². The van der Waals surface area contributed by atoms with Crippen LogP contribution in [0.1, 0.15) is 42.5 Å². The highest BCUT2D eigenvalue weighted by Crippen LogP contribution is 2.38. The molecule has 3 nitrogen and oxygen atoms in total. The van der Waals surface area contributed by atoms with Crippen molar-refractivity contribution in [1.29, 1.82) is 0 Å². The van der Waals surface area contributed by atoms with Crippen molar-refractivity contribution in [1.82, 2.24) is 10.6 Å². The van der Waals surface area contributed by atoms with Gasteiger partial charge in [0.2, 0.25) is 0 Å². The molecular formula is C13H16Cl2N2OS. The molecule has 19 heavy (non-hydrogen) atoms. The molecule has 2 N–H and O–H groups in total. The lowest BCUT2D eigenvalue weighted by Crippen LogP contribution is -2.59. The summed E-state index contributed by atoms with van der Waals surface area (Å²) in [6, 6.07) is 1.88. The Bertz CT molecular complexity index is 499. The van der Waals surface area contributed by atoms with Gasteiger partial charge < -0.3 is 10.6 Å². The van der Waals surface area contributed by atoms with Gasteiger partial charge in [0.25, 0.3) is 5.91 Å². The van der Waals surface area contributed by atoms with E-state index in [9.17, 15) is 4.79 Å². The molecule has 0 aromatic carbocycles. The molecule has 0 radical (unpaired) electrons. The van der Waals surface area contributed by atoms with E-state index in [0.29, 0.717) is 14.2 Å². The summed E-state index contributed by atoms with van der Waals surface area (Å²) in [7, 11) is 0. The van der Waals surface area contributed by atoms with E-state index in [2.05, 4.69) is 10.6 Å². The molecule has 1 saturated heterocycles. The third kappa shape index (κ3) is 2.77. The van der Waals surface area contributed by atoms with Crippen LogP contribution in [-0.4, -0.2) is 24.0 Å². The van der Waals surface area contributed by atoms with Crippen LogP contribution in [0, 0.1) is 0 Å². The Labute approximate surface area is 126 Å². The first-order valence-corrected chi connectivity index (χ1v) is 8.16. The molecule has 2 heterocycles. The topological polar surface area (TPSA) is 41.1 Å². The summed E-state index contributed by atoms with van der Waals surface area (Å²) in [5.41, 5.74) is 0.782. The van der Waals surface area contributed by atoms with Crippen LogP contribution in [-0.2, 0) is 0 Å². The highest BCUT2D eigenvalue weighted by Gasteiger charge is 2.41. The van der Waals surface area contributed by atoms with Crippen LogP contribution >= 0.6 is 34.5 Å². The maximum absolute atomic E-state index is 12.2. The van der Waals surface area contributed by atoms with E-state index in [1.807, 2.05) is 0 Å². The molecule has 1 atom stereocenters. The molecule has 6 heteroatoms. The van der Waals surface area contributed by atoms with Gasteiger partial charge in [-0.3, -0.25) is 4.79 Å². The second-order valence-electron chi connectivity index (χ2n) is 5.46. The lowest BCUT2D eigenvalue weighted by atomic mass is 9.70. The molecule has 3 rings (SSSR count). The Morgan fingerprint density at radius 3 is 2.84 bits per heavy atom. The number of rotatable bonds is 2. The van der Waals surface area contributed by atoms with E-state index >= 15 is 0 Å². The standard InChI is InChI=1S/C13H16Cl2N2OS/c14-10-6-9(11(15)19-10)12(18)17-8-2-5-16-13(7-8)3-1-4-13/h6,8,16H,1-5,7H2,(H,17,18). The van der Waals surface area contributed by atoms with Gasteiger partial charge in [-0.15, -0.1) is 11.3 Å². The highest BCUT2D eigenvalue weighted by atomic mass is 35.5. The summed E-state index contributed by atoms with van der Waals surface area (Å²) in [6.07, 6.45) is 5.74. The van der Waals surface area contributed by atoms with Gasteiger partial charge >= 0.3 is 0 Å². The average Bonchev–Trinajstić information content (AvgIpc) is 2.67. The first kappa shape index (κ1) is 13.7. The fourth-order valence-corrected chi connectivity index (χ4v) is 4.48. The van der Waals surface area contributed by atoms with Crippen LogP contribution in [0.15, 0.2) is 6.07 Å². The number of carbonyl (C=O) groups is 1. The van der Waals surface area contributed by atoms with E-state index in [-0.39, 0.29) is 17.5 Å². The molecule has 1 amide bonds. The summed E-state index contributed by atoms with van der Waals surface area (Å²) in [5, 5.41) is 6.69. The Morgan fingerprint density at radius 2 is 2.26 bits per heavy atom. The zero-order valence-electron chi connectivity index (χ0n) is 10.5. The molecule has 1 aromatic rings. The maximum atomic E-state index is 12.2. The summed E-state index contributed by atoms with van der Waals surface area (Å²) in [6.45, 7) is 0.975. The van der Waals surface area contributed by atoms with Crippen molar-refractivity contribution in [2.45, 2.75) is 43.7 Å². The highest BCUT2D eigenvalue weighted by molar-refractivity contribution is 7.20. The largest absolute Gasteiger partial charge is 0.349 e. The van der Waals surface area contributed by atoms with Gasteiger partial charge in [0.1, 0.15) is 4.34 Å². The van der Waals surface area contributed by atoms with Crippen LogP contribution < -0.4 is 10.6 Å². The van der Waals surface area contributed by atoms with Gasteiger partial charge in [0.15, 0.2) is 0 Å². The average molecular weight is 319 g/mol. The van der Waals surface area contributed by atoms with Crippen molar-refractivity contribution in [3.8, 4) is 0 Å². The SMILES string of the molecule is O=C(NC1CCNC2(CCC2)C1)c1cc(Cl)sc1Cl. The maximum Gasteiger partial charge on any atom is 0.253 e. The minimum absolute atomic E-state index is 0.102. The zero-order chi connectivity index (χ0) is 13.5. The third-order valence-electron chi connectivity index (χ3n) is 4.18. The summed E-state index contributed by atoms with van der Waals surface area (Å²) in [4.78, 5) is 12.2. The van der Waals surface area contributed by atoms with Gasteiger partial charge in [-0.05, 0) is 44.7 Å². The smallest absolute Gasteiger partial charge is 0.253 e. The van der Waals surface area contributed by atoms with Crippen LogP contribution in [0.2, 0.25) is 8.67 Å². The Kier molecular flexibility index (Phi) is 3.78. The Morgan fingerprint density at radius 1 is 1.47 bits per heavy atom. The van der Waals surface area contributed by atoms with Gasteiger partial charge in [-0.25, -0.2) is 0 Å². The van der Waals surface area contributed by atoms with Crippen LogP contribution in [0.3, 0.4) is 0 Å². The van der Waals surface area contributed by atoms with Gasteiger partial charge in [0.05, 0.1) is 9.90 Å². The van der Waals surface area contributed by atoms with Crippen molar-refractivity contribution in [2.75, 3.05) is 6.54 Å². The first-order valence-electron chi connectivity index (χ1n) is 6.59. The van der Waals surface area contributed by atoms with Crippen LogP contribution in [0.5, 0.6) is 0 Å². The quantitative estimate of drug-likeness (QED) is 0.876. The number of amides is 1. The summed E-state index contributed by atoms with van der Waals surface area (Å²) in [5.74, 6) is -0.102. The number of nitrogens with one attached hydrogen (secondary N) is 2. The van der Waals surface area contributed by atoms with Gasteiger partial charge in [-0.2, -0.15) is 0 Å². The summed E-state index contributed by atoms with van der Waals surface area (Å²) < 4.78 is 1.02. The molecule has 1 aliphatic carbocycles. The molecule has 1 saturated carbocycles. The predicted octanol–water partition coefficient (Wildman–Crippen LogP) is 3.46. The Balaban J connectivity index is 1.64. The summed E-state index contributed by atoms with van der Waals surface area (Å²) >= 11 is 13.1. The normalized spacial score (nSPS) is 25.1. The number of hydrogen-bond donors (Lipinski definition) is 2. The van der Waals surface area contributed by atoms with Crippen LogP contribution in [0.4, 0.5) is 0 Å². The number of halogens is 2. The molecule has 1 spiro atoms. The number of hydrogen-bond acceptors (Lipinski definition) is 3. The zero-order valence-corrected chi connectivity index (χ0v) is 12.8. The molecule has 1 aliphatic heterocycles. The molecule has 2 fully saturated rings. The number of carbonyl (C=O) groups excluding carboxylic acids is 1. The minimum Gasteiger partial charge on any atom is -0.349 e. The second-order valence-corrected chi connectivity index (χ2v) is 7.75. The lowest BCUT2D eigenvalue weighted by molar-refractivity contribution is 0.0853. The second kappa shape index (κ2) is 5.24. The van der Waals surface area contributed by atoms with Crippen molar-refractivity contribution < 1.29 is 4.79 Å². The van der Waals surface area contributed by atoms with Crippen LogP contribution in [0.25, 0.3) is 0 Å². The van der Waals surface area contributed by atoms with Crippen molar-refractivity contribution in [3.63, 3.8) is 0 Å². The molecule has 2 aliphatic rings. The first-order chi connectivity index (χ1) is 9.08. The van der Waals surface area contributed by atoms with Crippen molar-refractivity contribution in [3.05, 3.63) is 20.3 Å². The van der Waals surface area contributed by atoms with Crippen molar-refractivity contribution in [2.24, 2.45) is 0 Å². The number of thiophene rings is 1. The molecule has 0 bridgehead atoms. The van der Waals surface area contributed by atoms with Crippen molar-refractivity contribution >= 4 is 40.4 Å². The van der Waals surface area contributed by atoms with E-state index in [0.717, 1.165) is 19.4 Å².